The van der Waals surface area contributed by atoms with Crippen molar-refractivity contribution < 1.29 is 17.9 Å². The summed E-state index contributed by atoms with van der Waals surface area (Å²) in [5, 5.41) is 0. The van der Waals surface area contributed by atoms with Crippen LogP contribution in [0.1, 0.15) is 16.1 Å². The highest BCUT2D eigenvalue weighted by Gasteiger charge is 2.18. The molecule has 3 rings (SSSR count). The number of nitrogens with zero attached hydrogens (tertiary/aromatic N) is 1. The normalized spacial score (nSPS) is 10.7. The van der Waals surface area contributed by atoms with Crippen LogP contribution in [0.2, 0.25) is 0 Å². The monoisotopic (exact) mass is 424 g/mol. The molecule has 1 aromatic heterocycles. The predicted molar refractivity (Wildman–Crippen MR) is 114 cm³/mol. The Labute approximate surface area is 174 Å². The lowest BCUT2D eigenvalue weighted by atomic mass is 10.2. The number of hydrazine groups is 1. The number of hydrogen-bond acceptors (Lipinski definition) is 6. The molecule has 0 unspecified atom stereocenters. The number of nitrogens with one attached hydrogen (secondary N) is 3. The summed E-state index contributed by atoms with van der Waals surface area (Å²) in [6.07, 6.45) is 1.60. The van der Waals surface area contributed by atoms with Crippen LogP contribution in [0, 0.1) is 0 Å². The van der Waals surface area contributed by atoms with Gasteiger partial charge < -0.3 is 4.74 Å². The molecule has 8 nitrogen and oxygen atoms in total. The number of methoxy groups -OCH3 is 1. The molecule has 0 aliphatic rings. The molecule has 1 amide bonds. The van der Waals surface area contributed by atoms with E-state index in [1.807, 2.05) is 0 Å². The van der Waals surface area contributed by atoms with Gasteiger partial charge in [0.2, 0.25) is 0 Å². The van der Waals surface area contributed by atoms with E-state index in [0.29, 0.717) is 22.8 Å². The Hall–Kier alpha value is -3.85. The number of carbonyl (C=O) groups is 1. The molecule has 0 spiro atoms. The molecule has 0 aliphatic carbocycles. The zero-order valence-corrected chi connectivity index (χ0v) is 16.9. The van der Waals surface area contributed by atoms with Crippen LogP contribution in [0.4, 0.5) is 5.69 Å². The molecule has 0 saturated carbocycles. The number of hydrogen-bond donors (Lipinski definition) is 3. The second-order valence-electron chi connectivity index (χ2n) is 6.11. The molecule has 1 heterocycles. The molecule has 2 aromatic carbocycles. The standard InChI is InChI=1S/C21H20N4O4S/c1-15(18-10-5-6-13-22-18)23-24-21(26)16-8-7-9-17(14-16)30(27,28)25-19-11-3-4-12-20(19)29-2/h3-14,23,25H,1H2,2H3,(H,24,26). The number of rotatable bonds is 8. The maximum absolute atomic E-state index is 12.8. The van der Waals surface area contributed by atoms with Gasteiger partial charge in [-0.05, 0) is 42.5 Å². The fourth-order valence-electron chi connectivity index (χ4n) is 2.55. The first kappa shape index (κ1) is 20.9. The number of para-hydroxylation sites is 2. The summed E-state index contributed by atoms with van der Waals surface area (Å²) < 4.78 is 33.2. The second-order valence-corrected chi connectivity index (χ2v) is 7.79. The van der Waals surface area contributed by atoms with Crippen molar-refractivity contribution in [3.63, 3.8) is 0 Å². The van der Waals surface area contributed by atoms with E-state index in [-0.39, 0.29) is 10.5 Å². The molecule has 154 valence electrons. The van der Waals surface area contributed by atoms with E-state index in [9.17, 15) is 13.2 Å². The van der Waals surface area contributed by atoms with E-state index in [1.165, 1.54) is 31.4 Å². The average molecular weight is 424 g/mol. The summed E-state index contributed by atoms with van der Waals surface area (Å²) in [4.78, 5) is 16.5. The van der Waals surface area contributed by atoms with Crippen LogP contribution in [-0.2, 0) is 10.0 Å². The van der Waals surface area contributed by atoms with Crippen molar-refractivity contribution in [3.05, 3.63) is 90.8 Å². The molecule has 0 bridgehead atoms. The van der Waals surface area contributed by atoms with Crippen molar-refractivity contribution in [2.75, 3.05) is 11.8 Å². The summed E-state index contributed by atoms with van der Waals surface area (Å²) in [6.45, 7) is 3.80. The quantitative estimate of drug-likeness (QED) is 0.480. The molecule has 0 saturated heterocycles. The Bertz CT molecular complexity index is 1160. The predicted octanol–water partition coefficient (Wildman–Crippen LogP) is 2.80. The number of aromatic nitrogens is 1. The van der Waals surface area contributed by atoms with Gasteiger partial charge in [0.15, 0.2) is 0 Å². The summed E-state index contributed by atoms with van der Waals surface area (Å²) >= 11 is 0. The van der Waals surface area contributed by atoms with Gasteiger partial charge in [0.05, 0.1) is 29.1 Å². The highest BCUT2D eigenvalue weighted by Crippen LogP contribution is 2.26. The largest absolute Gasteiger partial charge is 0.495 e. The van der Waals surface area contributed by atoms with E-state index < -0.39 is 15.9 Å². The fourth-order valence-corrected chi connectivity index (χ4v) is 3.66. The number of ether oxygens (including phenoxy) is 1. The number of benzene rings is 2. The van der Waals surface area contributed by atoms with E-state index in [4.69, 9.17) is 4.74 Å². The topological polar surface area (TPSA) is 109 Å². The Morgan fingerprint density at radius 1 is 1.00 bits per heavy atom. The van der Waals surface area contributed by atoms with Gasteiger partial charge in [-0.3, -0.25) is 25.4 Å². The Morgan fingerprint density at radius 2 is 1.77 bits per heavy atom. The van der Waals surface area contributed by atoms with E-state index in [0.717, 1.165) is 0 Å². The van der Waals surface area contributed by atoms with Crippen molar-refractivity contribution in [3.8, 4) is 5.75 Å². The summed E-state index contributed by atoms with van der Waals surface area (Å²) in [5.74, 6) is -0.145. The molecule has 3 aromatic rings. The smallest absolute Gasteiger partial charge is 0.269 e. The van der Waals surface area contributed by atoms with Crippen LogP contribution >= 0.6 is 0 Å². The summed E-state index contributed by atoms with van der Waals surface area (Å²) in [6, 6.07) is 17.6. The third kappa shape index (κ3) is 4.95. The molecule has 3 N–H and O–H groups in total. The van der Waals surface area contributed by atoms with Crippen molar-refractivity contribution in [1.29, 1.82) is 0 Å². The van der Waals surface area contributed by atoms with Crippen molar-refractivity contribution >= 4 is 27.3 Å². The maximum Gasteiger partial charge on any atom is 0.269 e. The van der Waals surface area contributed by atoms with E-state index >= 15 is 0 Å². The molecular weight excluding hydrogens is 404 g/mol. The molecule has 0 aliphatic heterocycles. The minimum absolute atomic E-state index is 0.0652. The number of carbonyl (C=O) groups excluding carboxylic acids is 1. The minimum atomic E-state index is -3.93. The summed E-state index contributed by atoms with van der Waals surface area (Å²) in [7, 11) is -2.49. The second kappa shape index (κ2) is 9.10. The van der Waals surface area contributed by atoms with Crippen LogP contribution in [-0.4, -0.2) is 26.4 Å². The lowest BCUT2D eigenvalue weighted by molar-refractivity contribution is 0.0942. The first-order valence-electron chi connectivity index (χ1n) is 8.83. The van der Waals surface area contributed by atoms with Crippen molar-refractivity contribution in [1.82, 2.24) is 15.8 Å². The summed E-state index contributed by atoms with van der Waals surface area (Å²) in [5.41, 5.74) is 6.56. The third-order valence-corrected chi connectivity index (χ3v) is 5.42. The Morgan fingerprint density at radius 3 is 2.50 bits per heavy atom. The maximum atomic E-state index is 12.8. The minimum Gasteiger partial charge on any atom is -0.495 e. The van der Waals surface area contributed by atoms with Gasteiger partial charge in [-0.1, -0.05) is 30.8 Å². The lowest BCUT2D eigenvalue weighted by Gasteiger charge is -2.13. The molecular formula is C21H20N4O4S. The molecule has 30 heavy (non-hydrogen) atoms. The molecule has 0 fully saturated rings. The lowest BCUT2D eigenvalue weighted by Crippen LogP contribution is -2.36. The number of pyridine rings is 1. The van der Waals surface area contributed by atoms with Crippen LogP contribution in [0.3, 0.4) is 0 Å². The molecule has 9 heteroatoms. The highest BCUT2D eigenvalue weighted by atomic mass is 32.2. The van der Waals surface area contributed by atoms with Gasteiger partial charge in [-0.2, -0.15) is 0 Å². The van der Waals surface area contributed by atoms with Gasteiger partial charge in [-0.15, -0.1) is 0 Å². The number of amides is 1. The molecule has 0 atom stereocenters. The van der Waals surface area contributed by atoms with Crippen LogP contribution < -0.4 is 20.3 Å². The first-order chi connectivity index (χ1) is 14.4. The Balaban J connectivity index is 1.73. The number of anilines is 1. The van der Waals surface area contributed by atoms with Gasteiger partial charge in [0, 0.05) is 11.8 Å². The third-order valence-electron chi connectivity index (χ3n) is 4.06. The van der Waals surface area contributed by atoms with E-state index in [2.05, 4.69) is 27.1 Å². The molecule has 0 radical (unpaired) electrons. The van der Waals surface area contributed by atoms with Gasteiger partial charge in [0.25, 0.3) is 15.9 Å². The number of sulfonamides is 1. The first-order valence-corrected chi connectivity index (χ1v) is 10.3. The zero-order chi connectivity index (χ0) is 21.6. The van der Waals surface area contributed by atoms with Crippen molar-refractivity contribution in [2.45, 2.75) is 4.90 Å². The van der Waals surface area contributed by atoms with Crippen LogP contribution in [0.25, 0.3) is 5.70 Å². The highest BCUT2D eigenvalue weighted by molar-refractivity contribution is 7.92. The SMILES string of the molecule is C=C(NNC(=O)c1cccc(S(=O)(=O)Nc2ccccc2OC)c1)c1ccccn1. The fraction of sp³-hybridized carbons (Fsp3) is 0.0476. The van der Waals surface area contributed by atoms with Crippen LogP contribution in [0.5, 0.6) is 5.75 Å². The zero-order valence-electron chi connectivity index (χ0n) is 16.1. The van der Waals surface area contributed by atoms with Gasteiger partial charge in [-0.25, -0.2) is 8.42 Å². The van der Waals surface area contributed by atoms with Gasteiger partial charge in [0.1, 0.15) is 5.75 Å². The van der Waals surface area contributed by atoms with Gasteiger partial charge >= 0.3 is 0 Å². The van der Waals surface area contributed by atoms with E-state index in [1.54, 1.807) is 48.7 Å². The Kier molecular flexibility index (Phi) is 6.33. The average Bonchev–Trinajstić information content (AvgIpc) is 2.78. The van der Waals surface area contributed by atoms with Crippen molar-refractivity contribution in [2.24, 2.45) is 0 Å². The van der Waals surface area contributed by atoms with Crippen LogP contribution in [0.15, 0.2) is 84.4 Å².